The van der Waals surface area contributed by atoms with Gasteiger partial charge < -0.3 is 5.11 Å². The quantitative estimate of drug-likeness (QED) is 0.864. The maximum atomic E-state index is 13.3. The van der Waals surface area contributed by atoms with Crippen LogP contribution < -0.4 is 4.72 Å². The first-order valence-electron chi connectivity index (χ1n) is 6.02. The molecule has 0 aliphatic carbocycles. The molecule has 112 valence electrons. The van der Waals surface area contributed by atoms with E-state index in [1.54, 1.807) is 18.2 Å². The van der Waals surface area contributed by atoms with Gasteiger partial charge in [-0.1, -0.05) is 12.1 Å². The van der Waals surface area contributed by atoms with Gasteiger partial charge in [0.2, 0.25) is 0 Å². The normalized spacial score (nSPS) is 11.4. The van der Waals surface area contributed by atoms with E-state index in [1.165, 1.54) is 6.07 Å². The average molecular weight is 374 g/mol. The first-order valence-corrected chi connectivity index (χ1v) is 8.29. The molecule has 0 saturated heterocycles. The fourth-order valence-corrected chi connectivity index (χ4v) is 3.86. The van der Waals surface area contributed by atoms with E-state index in [0.717, 1.165) is 17.7 Å². The molecule has 0 radical (unpaired) electrons. The number of hydrogen-bond donors (Lipinski definition) is 2. The van der Waals surface area contributed by atoms with Gasteiger partial charge in [-0.05, 0) is 58.2 Å². The Hall–Kier alpha value is -1.44. The summed E-state index contributed by atoms with van der Waals surface area (Å²) in [4.78, 5) is -0.280. The number of benzene rings is 2. The predicted molar refractivity (Wildman–Crippen MR) is 82.0 cm³/mol. The third kappa shape index (κ3) is 3.61. The molecule has 21 heavy (non-hydrogen) atoms. The minimum Gasteiger partial charge on any atom is -0.392 e. The molecular formula is C14H13BrFNO3S. The molecule has 0 saturated carbocycles. The van der Waals surface area contributed by atoms with E-state index < -0.39 is 22.4 Å². The summed E-state index contributed by atoms with van der Waals surface area (Å²) in [5.41, 5.74) is 1.44. The molecule has 0 atom stereocenters. The van der Waals surface area contributed by atoms with Gasteiger partial charge in [0, 0.05) is 4.47 Å². The Morgan fingerprint density at radius 3 is 2.57 bits per heavy atom. The highest BCUT2D eigenvalue weighted by molar-refractivity contribution is 9.10. The van der Waals surface area contributed by atoms with Crippen LogP contribution in [0.15, 0.2) is 45.8 Å². The topological polar surface area (TPSA) is 66.4 Å². The summed E-state index contributed by atoms with van der Waals surface area (Å²) >= 11 is 3.27. The number of rotatable bonds is 4. The van der Waals surface area contributed by atoms with Crippen molar-refractivity contribution >= 4 is 31.6 Å². The minimum atomic E-state index is -3.99. The Morgan fingerprint density at radius 1 is 1.24 bits per heavy atom. The van der Waals surface area contributed by atoms with Crippen LogP contribution in [0.5, 0.6) is 0 Å². The van der Waals surface area contributed by atoms with Crippen molar-refractivity contribution in [2.24, 2.45) is 0 Å². The van der Waals surface area contributed by atoms with E-state index in [1.807, 2.05) is 6.92 Å². The molecule has 0 heterocycles. The van der Waals surface area contributed by atoms with Gasteiger partial charge in [-0.25, -0.2) is 12.8 Å². The van der Waals surface area contributed by atoms with Crippen molar-refractivity contribution in [3.63, 3.8) is 0 Å². The van der Waals surface area contributed by atoms with Crippen LogP contribution in [0.3, 0.4) is 0 Å². The zero-order valence-electron chi connectivity index (χ0n) is 11.1. The molecule has 0 aromatic heterocycles. The molecule has 4 nitrogen and oxygen atoms in total. The molecule has 0 aliphatic rings. The molecule has 2 rings (SSSR count). The number of aliphatic hydroxyl groups excluding tert-OH is 1. The van der Waals surface area contributed by atoms with E-state index >= 15 is 0 Å². The summed E-state index contributed by atoms with van der Waals surface area (Å²) in [5, 5.41) is 9.21. The van der Waals surface area contributed by atoms with E-state index in [4.69, 9.17) is 0 Å². The molecule has 7 heteroatoms. The van der Waals surface area contributed by atoms with Crippen molar-refractivity contribution in [2.45, 2.75) is 18.4 Å². The SMILES string of the molecule is Cc1ccc(NS(=O)(=O)c2cc(F)ccc2CO)c(Br)c1. The second kappa shape index (κ2) is 6.13. The van der Waals surface area contributed by atoms with Crippen molar-refractivity contribution in [2.75, 3.05) is 4.72 Å². The maximum Gasteiger partial charge on any atom is 0.262 e. The number of anilines is 1. The van der Waals surface area contributed by atoms with Gasteiger partial charge in [0.05, 0.1) is 17.2 Å². The van der Waals surface area contributed by atoms with E-state index in [9.17, 15) is 17.9 Å². The van der Waals surface area contributed by atoms with Gasteiger partial charge in [-0.15, -0.1) is 0 Å². The van der Waals surface area contributed by atoms with Gasteiger partial charge in [0.1, 0.15) is 5.82 Å². The van der Waals surface area contributed by atoms with Crippen LogP contribution >= 0.6 is 15.9 Å². The number of aryl methyl sites for hydroxylation is 1. The monoisotopic (exact) mass is 373 g/mol. The summed E-state index contributed by atoms with van der Waals surface area (Å²) in [5.74, 6) is -0.685. The number of hydrogen-bond acceptors (Lipinski definition) is 3. The lowest BCUT2D eigenvalue weighted by Crippen LogP contribution is -2.15. The Kier molecular flexibility index (Phi) is 4.65. The minimum absolute atomic E-state index is 0.132. The molecule has 2 aromatic carbocycles. The Labute approximate surface area is 130 Å². The zero-order chi connectivity index (χ0) is 15.6. The number of sulfonamides is 1. The first kappa shape index (κ1) is 15.9. The van der Waals surface area contributed by atoms with Crippen LogP contribution in [0.25, 0.3) is 0 Å². The fourth-order valence-electron chi connectivity index (χ4n) is 1.81. The summed E-state index contributed by atoms with van der Waals surface area (Å²) in [6.07, 6.45) is 0. The van der Waals surface area contributed by atoms with Gasteiger partial charge in [-0.2, -0.15) is 0 Å². The lowest BCUT2D eigenvalue weighted by Gasteiger charge is -2.13. The lowest BCUT2D eigenvalue weighted by atomic mass is 10.2. The Bertz CT molecular complexity index is 778. The molecular weight excluding hydrogens is 361 g/mol. The van der Waals surface area contributed by atoms with E-state index in [-0.39, 0.29) is 10.5 Å². The highest BCUT2D eigenvalue weighted by Crippen LogP contribution is 2.27. The first-order chi connectivity index (χ1) is 9.83. The van der Waals surface area contributed by atoms with Gasteiger partial charge in [0.15, 0.2) is 0 Å². The van der Waals surface area contributed by atoms with Crippen LogP contribution in [-0.2, 0) is 16.6 Å². The van der Waals surface area contributed by atoms with Crippen LogP contribution in [0.2, 0.25) is 0 Å². The van der Waals surface area contributed by atoms with Crippen molar-refractivity contribution < 1.29 is 17.9 Å². The average Bonchev–Trinajstić information content (AvgIpc) is 2.42. The Balaban J connectivity index is 2.45. The van der Waals surface area contributed by atoms with Crippen molar-refractivity contribution in [3.8, 4) is 0 Å². The molecule has 0 unspecified atom stereocenters. The maximum absolute atomic E-state index is 13.3. The van der Waals surface area contributed by atoms with Crippen LogP contribution in [0.1, 0.15) is 11.1 Å². The predicted octanol–water partition coefficient (Wildman–Crippen LogP) is 3.19. The smallest absolute Gasteiger partial charge is 0.262 e. The van der Waals surface area contributed by atoms with Crippen molar-refractivity contribution in [1.29, 1.82) is 0 Å². The summed E-state index contributed by atoms with van der Waals surface area (Å²) in [6, 6.07) is 8.35. The number of aliphatic hydroxyl groups is 1. The second-order valence-electron chi connectivity index (χ2n) is 4.50. The molecule has 2 aromatic rings. The van der Waals surface area contributed by atoms with Crippen LogP contribution in [-0.4, -0.2) is 13.5 Å². The van der Waals surface area contributed by atoms with Crippen molar-refractivity contribution in [3.05, 3.63) is 57.8 Å². The number of nitrogens with one attached hydrogen (secondary N) is 1. The van der Waals surface area contributed by atoms with Crippen molar-refractivity contribution in [1.82, 2.24) is 0 Å². The summed E-state index contributed by atoms with van der Waals surface area (Å²) < 4.78 is 41.0. The highest BCUT2D eigenvalue weighted by Gasteiger charge is 2.20. The molecule has 0 spiro atoms. The zero-order valence-corrected chi connectivity index (χ0v) is 13.5. The molecule has 0 amide bonds. The Morgan fingerprint density at radius 2 is 1.95 bits per heavy atom. The van der Waals surface area contributed by atoms with Gasteiger partial charge >= 0.3 is 0 Å². The lowest BCUT2D eigenvalue weighted by molar-refractivity contribution is 0.278. The van der Waals surface area contributed by atoms with Crippen LogP contribution in [0, 0.1) is 12.7 Å². The summed E-state index contributed by atoms with van der Waals surface area (Å²) in [6.45, 7) is 1.38. The fraction of sp³-hybridized carbons (Fsp3) is 0.143. The second-order valence-corrected chi connectivity index (χ2v) is 7.00. The molecule has 0 bridgehead atoms. The van der Waals surface area contributed by atoms with E-state index in [2.05, 4.69) is 20.7 Å². The van der Waals surface area contributed by atoms with Gasteiger partial charge in [0.25, 0.3) is 10.0 Å². The van der Waals surface area contributed by atoms with E-state index in [0.29, 0.717) is 10.2 Å². The molecule has 0 fully saturated rings. The number of halogens is 2. The van der Waals surface area contributed by atoms with Crippen LogP contribution in [0.4, 0.5) is 10.1 Å². The molecule has 0 aliphatic heterocycles. The third-order valence-electron chi connectivity index (χ3n) is 2.86. The highest BCUT2D eigenvalue weighted by atomic mass is 79.9. The van der Waals surface area contributed by atoms with Gasteiger partial charge in [-0.3, -0.25) is 4.72 Å². The third-order valence-corrected chi connectivity index (χ3v) is 4.96. The standard InChI is InChI=1S/C14H13BrFNO3S/c1-9-2-5-13(12(15)6-9)17-21(19,20)14-7-11(16)4-3-10(14)8-18/h2-7,17-18H,8H2,1H3. The largest absolute Gasteiger partial charge is 0.392 e. The summed E-state index contributed by atoms with van der Waals surface area (Å²) in [7, 11) is -3.99. The molecule has 2 N–H and O–H groups in total.